The maximum absolute atomic E-state index is 13.5. The highest BCUT2D eigenvalue weighted by Crippen LogP contribution is 2.26. The van der Waals surface area contributed by atoms with Crippen molar-refractivity contribution in [2.24, 2.45) is 0 Å². The molecule has 0 radical (unpaired) electrons. The van der Waals surface area contributed by atoms with Gasteiger partial charge in [-0.3, -0.25) is 0 Å². The Labute approximate surface area is 118 Å². The number of hydrogen-bond acceptors (Lipinski definition) is 3. The van der Waals surface area contributed by atoms with E-state index in [1.807, 2.05) is 13.8 Å². The minimum absolute atomic E-state index is 0.160. The molecular formula is C12H10BrClFN3. The van der Waals surface area contributed by atoms with E-state index in [2.05, 4.69) is 31.2 Å². The van der Waals surface area contributed by atoms with Gasteiger partial charge in [0.25, 0.3) is 0 Å². The fourth-order valence-electron chi connectivity index (χ4n) is 1.52. The second-order valence-electron chi connectivity index (χ2n) is 3.87. The molecule has 0 saturated heterocycles. The Morgan fingerprint density at radius 2 is 1.94 bits per heavy atom. The highest BCUT2D eigenvalue weighted by molar-refractivity contribution is 9.10. The van der Waals surface area contributed by atoms with Crippen LogP contribution >= 0.6 is 27.5 Å². The molecule has 6 heteroatoms. The van der Waals surface area contributed by atoms with Crippen LogP contribution in [-0.2, 0) is 0 Å². The zero-order chi connectivity index (χ0) is 13.3. The molecule has 1 aromatic carbocycles. The van der Waals surface area contributed by atoms with E-state index >= 15 is 0 Å². The number of aromatic nitrogens is 2. The molecule has 3 nitrogen and oxygen atoms in total. The average Bonchev–Trinajstić information content (AvgIpc) is 2.24. The van der Waals surface area contributed by atoms with Gasteiger partial charge >= 0.3 is 0 Å². The van der Waals surface area contributed by atoms with E-state index in [0.29, 0.717) is 16.0 Å². The van der Waals surface area contributed by atoms with Crippen LogP contribution in [0.15, 0.2) is 22.7 Å². The monoisotopic (exact) mass is 329 g/mol. The zero-order valence-corrected chi connectivity index (χ0v) is 12.1. The lowest BCUT2D eigenvalue weighted by Crippen LogP contribution is -1.99. The molecule has 0 saturated carbocycles. The Hall–Kier alpha value is -1.20. The van der Waals surface area contributed by atoms with Crippen LogP contribution in [0.5, 0.6) is 0 Å². The Balaban J connectivity index is 2.36. The van der Waals surface area contributed by atoms with Crippen molar-refractivity contribution in [2.75, 3.05) is 5.32 Å². The summed E-state index contributed by atoms with van der Waals surface area (Å²) in [7, 11) is 0. The summed E-state index contributed by atoms with van der Waals surface area (Å²) in [5, 5.41) is 3.19. The van der Waals surface area contributed by atoms with E-state index in [-0.39, 0.29) is 11.1 Å². The Morgan fingerprint density at radius 3 is 2.61 bits per heavy atom. The molecule has 0 bridgehead atoms. The Bertz CT molecular complexity index is 584. The number of rotatable bonds is 2. The number of anilines is 2. The van der Waals surface area contributed by atoms with Crippen molar-refractivity contribution in [3.8, 4) is 0 Å². The normalized spacial score (nSPS) is 10.5. The fourth-order valence-corrected chi connectivity index (χ4v) is 2.20. The first-order valence-corrected chi connectivity index (χ1v) is 6.36. The SMILES string of the molecule is Cc1cc(Nc2cc(F)c(Br)cc2C)nc(Cl)n1. The van der Waals surface area contributed by atoms with E-state index in [4.69, 9.17) is 11.6 Å². The molecule has 0 spiro atoms. The number of nitrogens with one attached hydrogen (secondary N) is 1. The first-order valence-electron chi connectivity index (χ1n) is 5.19. The standard InChI is InChI=1S/C12H10BrClFN3/c1-6-3-8(13)9(15)5-10(6)17-11-4-7(2)16-12(14)18-11/h3-5H,1-2H3,(H,16,17,18). The number of halogens is 3. The average molecular weight is 331 g/mol. The first kappa shape index (κ1) is 13.2. The van der Waals surface area contributed by atoms with Gasteiger partial charge in [-0.2, -0.15) is 0 Å². The van der Waals surface area contributed by atoms with Gasteiger partial charge in [0, 0.05) is 17.4 Å². The van der Waals surface area contributed by atoms with Gasteiger partial charge in [0.1, 0.15) is 11.6 Å². The second-order valence-corrected chi connectivity index (χ2v) is 5.06. The zero-order valence-electron chi connectivity index (χ0n) is 9.76. The van der Waals surface area contributed by atoms with Gasteiger partial charge in [0.05, 0.1) is 4.47 Å². The van der Waals surface area contributed by atoms with E-state index in [9.17, 15) is 4.39 Å². The summed E-state index contributed by atoms with van der Waals surface area (Å²) in [4.78, 5) is 7.99. The van der Waals surface area contributed by atoms with Gasteiger partial charge in [-0.05, 0) is 59.1 Å². The predicted molar refractivity (Wildman–Crippen MR) is 73.9 cm³/mol. The van der Waals surface area contributed by atoms with Gasteiger partial charge in [-0.25, -0.2) is 14.4 Å². The highest BCUT2D eigenvalue weighted by atomic mass is 79.9. The molecule has 0 aliphatic heterocycles. The third-order valence-electron chi connectivity index (χ3n) is 2.36. The summed E-state index contributed by atoms with van der Waals surface area (Å²) in [6.45, 7) is 3.69. The van der Waals surface area contributed by atoms with Crippen molar-refractivity contribution in [2.45, 2.75) is 13.8 Å². The lowest BCUT2D eigenvalue weighted by atomic mass is 10.2. The molecule has 18 heavy (non-hydrogen) atoms. The van der Waals surface area contributed by atoms with E-state index in [1.165, 1.54) is 6.07 Å². The molecule has 0 atom stereocenters. The lowest BCUT2D eigenvalue weighted by Gasteiger charge is -2.10. The summed E-state index contributed by atoms with van der Waals surface area (Å²) in [5.74, 6) is 0.206. The van der Waals surface area contributed by atoms with Crippen molar-refractivity contribution < 1.29 is 4.39 Å². The van der Waals surface area contributed by atoms with Gasteiger partial charge < -0.3 is 5.32 Å². The highest BCUT2D eigenvalue weighted by Gasteiger charge is 2.07. The summed E-state index contributed by atoms with van der Waals surface area (Å²) in [5.41, 5.74) is 2.29. The summed E-state index contributed by atoms with van der Waals surface area (Å²) < 4.78 is 13.9. The summed E-state index contributed by atoms with van der Waals surface area (Å²) in [6, 6.07) is 4.85. The molecule has 1 heterocycles. The molecule has 0 fully saturated rings. The molecule has 0 aliphatic carbocycles. The number of aryl methyl sites for hydroxylation is 2. The van der Waals surface area contributed by atoms with Crippen LogP contribution in [-0.4, -0.2) is 9.97 Å². The smallest absolute Gasteiger partial charge is 0.224 e. The molecule has 0 unspecified atom stereocenters. The van der Waals surface area contributed by atoms with Crippen molar-refractivity contribution in [1.29, 1.82) is 0 Å². The van der Waals surface area contributed by atoms with Crippen molar-refractivity contribution in [1.82, 2.24) is 9.97 Å². The van der Waals surface area contributed by atoms with Crippen molar-refractivity contribution in [3.05, 3.63) is 45.0 Å². The van der Waals surface area contributed by atoms with Crippen LogP contribution in [0.2, 0.25) is 5.28 Å². The van der Waals surface area contributed by atoms with Crippen LogP contribution < -0.4 is 5.32 Å². The van der Waals surface area contributed by atoms with Gasteiger partial charge in [-0.1, -0.05) is 0 Å². The number of hydrogen-bond donors (Lipinski definition) is 1. The first-order chi connectivity index (χ1) is 8.45. The van der Waals surface area contributed by atoms with Crippen LogP contribution in [0, 0.1) is 19.7 Å². The van der Waals surface area contributed by atoms with E-state index in [0.717, 1.165) is 11.3 Å². The maximum atomic E-state index is 13.5. The minimum Gasteiger partial charge on any atom is -0.340 e. The van der Waals surface area contributed by atoms with Crippen LogP contribution in [0.3, 0.4) is 0 Å². The molecule has 2 rings (SSSR count). The Kier molecular flexibility index (Phi) is 3.82. The van der Waals surface area contributed by atoms with Crippen LogP contribution in [0.25, 0.3) is 0 Å². The minimum atomic E-state index is -0.333. The second kappa shape index (κ2) is 5.20. The molecule has 0 amide bonds. The molecule has 94 valence electrons. The predicted octanol–water partition coefficient (Wildman–Crippen LogP) is 4.39. The number of nitrogens with zero attached hydrogens (tertiary/aromatic N) is 2. The van der Waals surface area contributed by atoms with Crippen LogP contribution in [0.1, 0.15) is 11.3 Å². The molecule has 0 aliphatic rings. The van der Waals surface area contributed by atoms with E-state index < -0.39 is 0 Å². The van der Waals surface area contributed by atoms with Gasteiger partial charge in [0.2, 0.25) is 5.28 Å². The third kappa shape index (κ3) is 2.97. The molecule has 2 aromatic rings. The molecular weight excluding hydrogens is 321 g/mol. The fraction of sp³-hybridized carbons (Fsp3) is 0.167. The summed E-state index contributed by atoms with van der Waals surface area (Å²) in [6.07, 6.45) is 0. The number of benzene rings is 1. The largest absolute Gasteiger partial charge is 0.340 e. The molecule has 1 aromatic heterocycles. The van der Waals surface area contributed by atoms with Gasteiger partial charge in [-0.15, -0.1) is 0 Å². The summed E-state index contributed by atoms with van der Waals surface area (Å²) >= 11 is 8.91. The van der Waals surface area contributed by atoms with E-state index in [1.54, 1.807) is 12.1 Å². The van der Waals surface area contributed by atoms with Gasteiger partial charge in [0.15, 0.2) is 0 Å². The quantitative estimate of drug-likeness (QED) is 0.830. The third-order valence-corrected chi connectivity index (χ3v) is 3.13. The Morgan fingerprint density at radius 1 is 1.22 bits per heavy atom. The topological polar surface area (TPSA) is 37.8 Å². The maximum Gasteiger partial charge on any atom is 0.224 e. The lowest BCUT2D eigenvalue weighted by molar-refractivity contribution is 0.621. The van der Waals surface area contributed by atoms with Crippen molar-refractivity contribution >= 4 is 39.0 Å². The van der Waals surface area contributed by atoms with Crippen LogP contribution in [0.4, 0.5) is 15.9 Å². The van der Waals surface area contributed by atoms with Crippen molar-refractivity contribution in [3.63, 3.8) is 0 Å². The molecule has 1 N–H and O–H groups in total.